The molecule has 0 spiro atoms. The summed E-state index contributed by atoms with van der Waals surface area (Å²) in [5.41, 5.74) is 5.81. The Hall–Kier alpha value is -2.15. The van der Waals surface area contributed by atoms with E-state index < -0.39 is 16.9 Å². The van der Waals surface area contributed by atoms with Crippen LogP contribution in [0.1, 0.15) is 15.9 Å². The van der Waals surface area contributed by atoms with Crippen LogP contribution in [0, 0.1) is 17.0 Å². The van der Waals surface area contributed by atoms with Crippen molar-refractivity contribution in [3.63, 3.8) is 0 Å². The average Bonchev–Trinajstić information content (AvgIpc) is 2.36. The van der Waals surface area contributed by atoms with Crippen LogP contribution in [-0.4, -0.2) is 31.1 Å². The molecule has 0 heterocycles. The van der Waals surface area contributed by atoms with Gasteiger partial charge in [-0.15, -0.1) is 0 Å². The number of rotatable bonds is 5. The van der Waals surface area contributed by atoms with Gasteiger partial charge in [0.25, 0.3) is 5.78 Å². The monoisotopic (exact) mass is 254 g/mol. The van der Waals surface area contributed by atoms with Crippen molar-refractivity contribution in [2.75, 3.05) is 14.2 Å². The molecule has 0 saturated carbocycles. The number of ether oxygens (including phenoxy) is 2. The average molecular weight is 254 g/mol. The van der Waals surface area contributed by atoms with Crippen molar-refractivity contribution in [2.24, 2.45) is 5.73 Å². The molecule has 0 bridgehead atoms. The molecule has 1 aromatic carbocycles. The summed E-state index contributed by atoms with van der Waals surface area (Å²) in [7, 11) is 2.88. The van der Waals surface area contributed by atoms with Crippen molar-refractivity contribution in [3.8, 4) is 11.5 Å². The van der Waals surface area contributed by atoms with Gasteiger partial charge in [0, 0.05) is 16.1 Å². The molecule has 0 aliphatic heterocycles. The lowest BCUT2D eigenvalue weighted by Gasteiger charge is -2.13. The summed E-state index contributed by atoms with van der Waals surface area (Å²) in [4.78, 5) is 21.5. The summed E-state index contributed by atoms with van der Waals surface area (Å²) < 4.78 is 10.2. The molecule has 0 amide bonds. The SMILES string of the molecule is COc1ccc(C(=O)C(N)[N+](=O)[O-])c(C)c1OC. The number of nitrogens with zero attached hydrogens (tertiary/aromatic N) is 1. The summed E-state index contributed by atoms with van der Waals surface area (Å²) >= 11 is 0. The molecule has 98 valence electrons. The fourth-order valence-corrected chi connectivity index (χ4v) is 1.60. The number of Topliss-reactive ketones (excluding diaryl/α,β-unsaturated/α-hetero) is 1. The van der Waals surface area contributed by atoms with E-state index in [1.807, 2.05) is 0 Å². The Morgan fingerprint density at radius 2 is 2.00 bits per heavy atom. The van der Waals surface area contributed by atoms with Gasteiger partial charge in [0.1, 0.15) is 0 Å². The molecule has 1 atom stereocenters. The van der Waals surface area contributed by atoms with Crippen LogP contribution in [0.25, 0.3) is 0 Å². The third-order valence-corrected chi connectivity index (χ3v) is 2.56. The van der Waals surface area contributed by atoms with E-state index >= 15 is 0 Å². The molecular formula is C11H14N2O5. The van der Waals surface area contributed by atoms with E-state index in [4.69, 9.17) is 15.2 Å². The molecule has 7 heteroatoms. The number of hydrogen-bond acceptors (Lipinski definition) is 6. The van der Waals surface area contributed by atoms with Gasteiger partial charge in [-0.05, 0) is 19.1 Å². The lowest BCUT2D eigenvalue weighted by atomic mass is 10.0. The van der Waals surface area contributed by atoms with Crippen LogP contribution < -0.4 is 15.2 Å². The van der Waals surface area contributed by atoms with Crippen LogP contribution in [0.5, 0.6) is 11.5 Å². The minimum Gasteiger partial charge on any atom is -0.493 e. The highest BCUT2D eigenvalue weighted by Gasteiger charge is 2.28. The maximum absolute atomic E-state index is 11.8. The third kappa shape index (κ3) is 2.40. The van der Waals surface area contributed by atoms with E-state index in [2.05, 4.69) is 0 Å². The summed E-state index contributed by atoms with van der Waals surface area (Å²) in [6, 6.07) is 2.94. The van der Waals surface area contributed by atoms with E-state index in [1.54, 1.807) is 6.92 Å². The Balaban J connectivity index is 3.27. The van der Waals surface area contributed by atoms with Gasteiger partial charge in [-0.3, -0.25) is 20.6 Å². The Morgan fingerprint density at radius 3 is 2.44 bits per heavy atom. The Bertz CT molecular complexity index is 487. The number of hydrogen-bond donors (Lipinski definition) is 1. The minimum absolute atomic E-state index is 0.150. The van der Waals surface area contributed by atoms with Gasteiger partial charge in [-0.2, -0.15) is 0 Å². The number of nitrogens with two attached hydrogens (primary N) is 1. The van der Waals surface area contributed by atoms with Crippen LogP contribution in [0.4, 0.5) is 0 Å². The fraction of sp³-hybridized carbons (Fsp3) is 0.364. The molecule has 0 aliphatic rings. The number of nitro groups is 1. The van der Waals surface area contributed by atoms with Gasteiger partial charge in [0.05, 0.1) is 14.2 Å². The van der Waals surface area contributed by atoms with Crippen LogP contribution in [0.2, 0.25) is 0 Å². The van der Waals surface area contributed by atoms with Crippen LogP contribution in [0.3, 0.4) is 0 Å². The second kappa shape index (κ2) is 5.46. The third-order valence-electron chi connectivity index (χ3n) is 2.56. The molecule has 1 unspecified atom stereocenters. The predicted octanol–water partition coefficient (Wildman–Crippen LogP) is 0.756. The molecule has 1 aromatic rings. The first-order chi connectivity index (χ1) is 8.43. The quantitative estimate of drug-likeness (QED) is 0.360. The van der Waals surface area contributed by atoms with E-state index in [9.17, 15) is 14.9 Å². The first-order valence-corrected chi connectivity index (χ1v) is 5.08. The topological polar surface area (TPSA) is 105 Å². The first-order valence-electron chi connectivity index (χ1n) is 5.08. The van der Waals surface area contributed by atoms with Crippen LogP contribution in [-0.2, 0) is 0 Å². The molecule has 18 heavy (non-hydrogen) atoms. The first kappa shape index (κ1) is 13.9. The van der Waals surface area contributed by atoms with Crippen molar-refractivity contribution >= 4 is 5.78 Å². The molecule has 7 nitrogen and oxygen atoms in total. The molecule has 0 aliphatic carbocycles. The second-order valence-electron chi connectivity index (χ2n) is 3.57. The summed E-state index contributed by atoms with van der Waals surface area (Å²) in [6.45, 7) is 1.61. The van der Waals surface area contributed by atoms with Crippen molar-refractivity contribution < 1.29 is 19.2 Å². The van der Waals surface area contributed by atoms with Crippen LogP contribution in [0.15, 0.2) is 12.1 Å². The van der Waals surface area contributed by atoms with E-state index in [-0.39, 0.29) is 5.56 Å². The molecule has 0 aromatic heterocycles. The minimum atomic E-state index is -1.78. The van der Waals surface area contributed by atoms with Crippen molar-refractivity contribution in [2.45, 2.75) is 13.1 Å². The normalized spacial score (nSPS) is 11.8. The highest BCUT2D eigenvalue weighted by Crippen LogP contribution is 2.33. The number of carbonyl (C=O) groups excluding carboxylic acids is 1. The van der Waals surface area contributed by atoms with Gasteiger partial charge in [-0.1, -0.05) is 0 Å². The summed E-state index contributed by atoms with van der Waals surface area (Å²) in [6.07, 6.45) is -1.78. The summed E-state index contributed by atoms with van der Waals surface area (Å²) in [5, 5.41) is 10.5. The number of ketones is 1. The highest BCUT2D eigenvalue weighted by atomic mass is 16.6. The number of methoxy groups -OCH3 is 2. The zero-order valence-corrected chi connectivity index (χ0v) is 10.3. The molecular weight excluding hydrogens is 240 g/mol. The second-order valence-corrected chi connectivity index (χ2v) is 3.57. The van der Waals surface area contributed by atoms with Crippen molar-refractivity contribution in [1.82, 2.24) is 0 Å². The largest absolute Gasteiger partial charge is 0.493 e. The van der Waals surface area contributed by atoms with E-state index in [0.29, 0.717) is 17.1 Å². The van der Waals surface area contributed by atoms with Gasteiger partial charge in [0.15, 0.2) is 11.5 Å². The molecule has 0 radical (unpaired) electrons. The highest BCUT2D eigenvalue weighted by molar-refractivity contribution is 6.01. The maximum Gasteiger partial charge on any atom is 0.326 e. The van der Waals surface area contributed by atoms with Crippen LogP contribution >= 0.6 is 0 Å². The predicted molar refractivity (Wildman–Crippen MR) is 63.6 cm³/mol. The van der Waals surface area contributed by atoms with Crippen molar-refractivity contribution in [3.05, 3.63) is 33.4 Å². The summed E-state index contributed by atoms with van der Waals surface area (Å²) in [5.74, 6) is 0.0403. The zero-order valence-electron chi connectivity index (χ0n) is 10.3. The Labute approximate surface area is 104 Å². The van der Waals surface area contributed by atoms with Crippen molar-refractivity contribution in [1.29, 1.82) is 0 Å². The molecule has 1 rings (SSSR count). The Kier molecular flexibility index (Phi) is 4.22. The number of carbonyl (C=O) groups is 1. The lowest BCUT2D eigenvalue weighted by Crippen LogP contribution is -2.38. The van der Waals surface area contributed by atoms with E-state index in [1.165, 1.54) is 26.4 Å². The smallest absolute Gasteiger partial charge is 0.326 e. The standard InChI is InChI=1S/C11H14N2O5/c1-6-7(9(14)11(12)13(15)16)4-5-8(17-2)10(6)18-3/h4-5,11H,12H2,1-3H3. The van der Waals surface area contributed by atoms with Gasteiger partial charge in [0.2, 0.25) is 0 Å². The molecule has 0 fully saturated rings. The maximum atomic E-state index is 11.8. The fourth-order valence-electron chi connectivity index (χ4n) is 1.60. The zero-order chi connectivity index (χ0) is 13.9. The van der Waals surface area contributed by atoms with E-state index in [0.717, 1.165) is 0 Å². The lowest BCUT2D eigenvalue weighted by molar-refractivity contribution is -0.503. The number of benzene rings is 1. The molecule has 0 saturated heterocycles. The van der Waals surface area contributed by atoms with Gasteiger partial charge < -0.3 is 9.47 Å². The molecule has 2 N–H and O–H groups in total. The van der Waals surface area contributed by atoms with Gasteiger partial charge in [-0.25, -0.2) is 0 Å². The van der Waals surface area contributed by atoms with Gasteiger partial charge >= 0.3 is 6.17 Å². The Morgan fingerprint density at radius 1 is 1.39 bits per heavy atom.